The monoisotopic (exact) mass is 303 g/mol. The number of para-hydroxylation sites is 1. The summed E-state index contributed by atoms with van der Waals surface area (Å²) in [6.45, 7) is 3.67. The van der Waals surface area contributed by atoms with Gasteiger partial charge in [-0.2, -0.15) is 5.10 Å². The topological polar surface area (TPSA) is 75.1 Å². The Kier molecular flexibility index (Phi) is 3.39. The molecule has 0 spiro atoms. The third-order valence-electron chi connectivity index (χ3n) is 3.22. The zero-order valence-electron chi connectivity index (χ0n) is 11.6. The fourth-order valence-electron chi connectivity index (χ4n) is 2.26. The number of alkyl halides is 1. The largest absolute Gasteiger partial charge is 0.349 e. The van der Waals surface area contributed by atoms with Crippen molar-refractivity contribution in [3.8, 4) is 0 Å². The van der Waals surface area contributed by atoms with Crippen LogP contribution in [0.2, 0.25) is 0 Å². The van der Waals surface area contributed by atoms with E-state index in [1.54, 1.807) is 13.0 Å². The maximum Gasteiger partial charge on any atom is 0.349 e. The number of nitrogens with zero attached hydrogens (tertiary/aromatic N) is 3. The molecule has 7 heteroatoms. The first-order valence-corrected chi connectivity index (χ1v) is 6.94. The Bertz CT molecular complexity index is 852. The molecular weight excluding hydrogens is 290 g/mol. The number of aromatic nitrogens is 4. The third kappa shape index (κ3) is 2.50. The molecule has 1 atom stereocenters. The zero-order chi connectivity index (χ0) is 15.0. The highest BCUT2D eigenvalue weighted by Crippen LogP contribution is 2.29. The maximum atomic E-state index is 11.6. The first kappa shape index (κ1) is 13.6. The lowest BCUT2D eigenvalue weighted by Crippen LogP contribution is -2.13. The Labute approximate surface area is 125 Å². The normalized spacial score (nSPS) is 12.5. The van der Waals surface area contributed by atoms with Crippen LogP contribution in [-0.2, 0) is 0 Å². The van der Waals surface area contributed by atoms with E-state index in [0.717, 1.165) is 11.3 Å². The predicted octanol–water partition coefficient (Wildman–Crippen LogP) is 2.77. The van der Waals surface area contributed by atoms with Crippen molar-refractivity contribution in [2.75, 3.05) is 5.32 Å². The smallest absolute Gasteiger partial charge is 0.340 e. The highest BCUT2D eigenvalue weighted by molar-refractivity contribution is 6.21. The summed E-state index contributed by atoms with van der Waals surface area (Å²) in [6.07, 6.45) is 0. The Morgan fingerprint density at radius 2 is 2.14 bits per heavy atom. The van der Waals surface area contributed by atoms with Crippen molar-refractivity contribution in [1.29, 1.82) is 0 Å². The molecule has 0 amide bonds. The molecule has 3 aromatic rings. The van der Waals surface area contributed by atoms with Gasteiger partial charge in [0.2, 0.25) is 0 Å². The summed E-state index contributed by atoms with van der Waals surface area (Å²) in [5.41, 5.74) is 2.09. The van der Waals surface area contributed by atoms with Crippen LogP contribution in [0.4, 0.5) is 11.5 Å². The van der Waals surface area contributed by atoms with Crippen molar-refractivity contribution in [3.05, 3.63) is 52.2 Å². The van der Waals surface area contributed by atoms with E-state index in [9.17, 15) is 4.79 Å². The van der Waals surface area contributed by atoms with Gasteiger partial charge in [0.15, 0.2) is 5.65 Å². The summed E-state index contributed by atoms with van der Waals surface area (Å²) in [4.78, 5) is 16.0. The van der Waals surface area contributed by atoms with Gasteiger partial charge in [-0.1, -0.05) is 18.2 Å². The molecule has 2 heterocycles. The van der Waals surface area contributed by atoms with E-state index in [-0.39, 0.29) is 11.1 Å². The van der Waals surface area contributed by atoms with Crippen molar-refractivity contribution >= 4 is 28.8 Å². The van der Waals surface area contributed by atoms with E-state index in [0.29, 0.717) is 17.3 Å². The number of hydrogen-bond donors (Lipinski definition) is 2. The molecule has 2 N–H and O–H groups in total. The standard InChI is InChI=1S/C14H14ClN5O/c1-8(15)10-5-3-4-6-11(10)17-12-7-13-18-19-14(21)20(13)9(2)16-12/h3-8,17H,1-2H3,(H,19,21). The van der Waals surface area contributed by atoms with Crippen LogP contribution in [0.15, 0.2) is 35.1 Å². The highest BCUT2D eigenvalue weighted by atomic mass is 35.5. The van der Waals surface area contributed by atoms with Crippen molar-refractivity contribution in [2.45, 2.75) is 19.2 Å². The quantitative estimate of drug-likeness (QED) is 0.730. The minimum atomic E-state index is -0.295. The van der Waals surface area contributed by atoms with E-state index in [1.807, 2.05) is 31.2 Å². The van der Waals surface area contributed by atoms with Crippen molar-refractivity contribution < 1.29 is 0 Å². The number of halogens is 1. The van der Waals surface area contributed by atoms with Crippen LogP contribution in [0, 0.1) is 6.92 Å². The molecule has 0 aliphatic heterocycles. The van der Waals surface area contributed by atoms with Gasteiger partial charge < -0.3 is 5.32 Å². The number of benzene rings is 1. The Balaban J connectivity index is 2.05. The molecule has 0 aliphatic carbocycles. The Morgan fingerprint density at radius 3 is 2.90 bits per heavy atom. The number of fused-ring (bicyclic) bond motifs is 1. The maximum absolute atomic E-state index is 11.6. The van der Waals surface area contributed by atoms with Gasteiger partial charge in [0.05, 0.1) is 5.38 Å². The highest BCUT2D eigenvalue weighted by Gasteiger charge is 2.10. The average molecular weight is 304 g/mol. The number of nitrogens with one attached hydrogen (secondary N) is 2. The molecule has 0 saturated carbocycles. The second kappa shape index (κ2) is 5.21. The van der Waals surface area contributed by atoms with E-state index in [1.165, 1.54) is 4.40 Å². The number of hydrogen-bond acceptors (Lipinski definition) is 4. The molecule has 0 bridgehead atoms. The van der Waals surface area contributed by atoms with Gasteiger partial charge in [-0.3, -0.25) is 0 Å². The second-order valence-electron chi connectivity index (χ2n) is 4.74. The lowest BCUT2D eigenvalue weighted by Gasteiger charge is -2.13. The van der Waals surface area contributed by atoms with Gasteiger partial charge in [0.25, 0.3) is 0 Å². The number of rotatable bonds is 3. The molecule has 108 valence electrons. The fourth-order valence-corrected chi connectivity index (χ4v) is 2.45. The summed E-state index contributed by atoms with van der Waals surface area (Å²) in [7, 11) is 0. The molecule has 1 aromatic carbocycles. The van der Waals surface area contributed by atoms with Crippen LogP contribution in [0.1, 0.15) is 23.7 Å². The van der Waals surface area contributed by atoms with Gasteiger partial charge in [-0.05, 0) is 25.5 Å². The van der Waals surface area contributed by atoms with Crippen LogP contribution < -0.4 is 11.0 Å². The number of H-pyrrole nitrogens is 1. The predicted molar refractivity (Wildman–Crippen MR) is 82.3 cm³/mol. The van der Waals surface area contributed by atoms with E-state index < -0.39 is 0 Å². The molecule has 0 fully saturated rings. The van der Waals surface area contributed by atoms with Crippen molar-refractivity contribution in [2.24, 2.45) is 0 Å². The molecular formula is C14H14ClN5O. The summed E-state index contributed by atoms with van der Waals surface area (Å²) < 4.78 is 1.42. The van der Waals surface area contributed by atoms with E-state index >= 15 is 0 Å². The summed E-state index contributed by atoms with van der Waals surface area (Å²) >= 11 is 6.18. The molecule has 0 radical (unpaired) electrons. The van der Waals surface area contributed by atoms with Crippen LogP contribution in [0.25, 0.3) is 5.65 Å². The SMILES string of the molecule is Cc1nc(Nc2ccccc2C(C)Cl)cc2n[nH]c(=O)n12. The summed E-state index contributed by atoms with van der Waals surface area (Å²) in [6, 6.07) is 9.47. The van der Waals surface area contributed by atoms with Crippen molar-refractivity contribution in [1.82, 2.24) is 19.6 Å². The van der Waals surface area contributed by atoms with Crippen LogP contribution in [0.3, 0.4) is 0 Å². The number of aromatic amines is 1. The summed E-state index contributed by atoms with van der Waals surface area (Å²) in [5, 5.41) is 9.48. The molecule has 0 saturated heterocycles. The molecule has 2 aromatic heterocycles. The van der Waals surface area contributed by atoms with Crippen LogP contribution in [-0.4, -0.2) is 19.6 Å². The van der Waals surface area contributed by atoms with Gasteiger partial charge in [0.1, 0.15) is 11.6 Å². The Hall–Kier alpha value is -2.34. The van der Waals surface area contributed by atoms with E-state index in [4.69, 9.17) is 11.6 Å². The van der Waals surface area contributed by atoms with E-state index in [2.05, 4.69) is 20.5 Å². The lowest BCUT2D eigenvalue weighted by atomic mass is 10.1. The number of anilines is 2. The van der Waals surface area contributed by atoms with Gasteiger partial charge in [-0.15, -0.1) is 11.6 Å². The zero-order valence-corrected chi connectivity index (χ0v) is 12.3. The third-order valence-corrected chi connectivity index (χ3v) is 3.46. The minimum absolute atomic E-state index is 0.119. The van der Waals surface area contributed by atoms with Gasteiger partial charge in [0, 0.05) is 11.8 Å². The van der Waals surface area contributed by atoms with Crippen LogP contribution in [0.5, 0.6) is 0 Å². The van der Waals surface area contributed by atoms with Crippen LogP contribution >= 0.6 is 11.6 Å². The average Bonchev–Trinajstić information content (AvgIpc) is 2.81. The van der Waals surface area contributed by atoms with Gasteiger partial charge >= 0.3 is 5.69 Å². The molecule has 6 nitrogen and oxygen atoms in total. The van der Waals surface area contributed by atoms with Crippen molar-refractivity contribution in [3.63, 3.8) is 0 Å². The minimum Gasteiger partial charge on any atom is -0.340 e. The fraction of sp³-hybridized carbons (Fsp3) is 0.214. The summed E-state index contributed by atoms with van der Waals surface area (Å²) in [5.74, 6) is 1.17. The van der Waals surface area contributed by atoms with Gasteiger partial charge in [-0.25, -0.2) is 19.3 Å². The molecule has 21 heavy (non-hydrogen) atoms. The lowest BCUT2D eigenvalue weighted by molar-refractivity contribution is 0.938. The molecule has 0 aliphatic rings. The molecule has 1 unspecified atom stereocenters. The second-order valence-corrected chi connectivity index (χ2v) is 5.39. The molecule has 3 rings (SSSR count). The number of aryl methyl sites for hydroxylation is 1. The Morgan fingerprint density at radius 1 is 1.38 bits per heavy atom. The first-order chi connectivity index (χ1) is 10.1. The first-order valence-electron chi connectivity index (χ1n) is 6.51.